The van der Waals surface area contributed by atoms with Gasteiger partial charge in [-0.05, 0) is 30.5 Å². The SMILES string of the molecule is CC(C)CN(C(=O)COC(=O)c1ccccc1-c1nc2ccccc2s1)[C@H]1CCS(=O)(=O)C1. The van der Waals surface area contributed by atoms with Gasteiger partial charge in [-0.1, -0.05) is 44.2 Å². The average Bonchev–Trinajstić information content (AvgIpc) is 3.38. The Hall–Kier alpha value is -2.78. The first-order valence-electron chi connectivity index (χ1n) is 10.9. The van der Waals surface area contributed by atoms with Gasteiger partial charge in [0.05, 0.1) is 27.3 Å². The summed E-state index contributed by atoms with van der Waals surface area (Å²) in [5.41, 5.74) is 1.84. The van der Waals surface area contributed by atoms with Crippen LogP contribution in [0.15, 0.2) is 48.5 Å². The first kappa shape index (κ1) is 23.4. The summed E-state index contributed by atoms with van der Waals surface area (Å²) < 4.78 is 30.2. The highest BCUT2D eigenvalue weighted by Crippen LogP contribution is 2.32. The summed E-state index contributed by atoms with van der Waals surface area (Å²) in [5.74, 6) is -0.791. The summed E-state index contributed by atoms with van der Waals surface area (Å²) in [6, 6.07) is 14.4. The summed E-state index contributed by atoms with van der Waals surface area (Å²) in [6.45, 7) is 3.91. The topological polar surface area (TPSA) is 93.6 Å². The van der Waals surface area contributed by atoms with Gasteiger partial charge in [0.2, 0.25) is 0 Å². The predicted octanol–water partition coefficient (Wildman–Crippen LogP) is 3.79. The summed E-state index contributed by atoms with van der Waals surface area (Å²) in [4.78, 5) is 32.0. The number of sulfone groups is 1. The molecule has 33 heavy (non-hydrogen) atoms. The van der Waals surface area contributed by atoms with Crippen LogP contribution in [-0.2, 0) is 19.4 Å². The largest absolute Gasteiger partial charge is 0.452 e. The molecule has 3 aromatic rings. The Labute approximate surface area is 197 Å². The number of rotatable bonds is 7. The van der Waals surface area contributed by atoms with E-state index in [-0.39, 0.29) is 29.4 Å². The maximum Gasteiger partial charge on any atom is 0.339 e. The third-order valence-electron chi connectivity index (χ3n) is 5.53. The smallest absolute Gasteiger partial charge is 0.339 e. The molecule has 9 heteroatoms. The molecule has 1 aromatic heterocycles. The fourth-order valence-electron chi connectivity index (χ4n) is 3.99. The molecule has 0 spiro atoms. The van der Waals surface area contributed by atoms with Gasteiger partial charge in [-0.2, -0.15) is 0 Å². The number of thiazole rings is 1. The number of nitrogens with zero attached hydrogens (tertiary/aromatic N) is 2. The van der Waals surface area contributed by atoms with Gasteiger partial charge in [0, 0.05) is 18.2 Å². The molecule has 0 bridgehead atoms. The maximum absolute atomic E-state index is 12.9. The van der Waals surface area contributed by atoms with Crippen molar-refractivity contribution >= 4 is 43.3 Å². The fraction of sp³-hybridized carbons (Fsp3) is 0.375. The molecule has 2 aromatic carbocycles. The van der Waals surface area contributed by atoms with Crippen molar-refractivity contribution in [2.75, 3.05) is 24.7 Å². The van der Waals surface area contributed by atoms with Gasteiger partial charge >= 0.3 is 5.97 Å². The zero-order chi connectivity index (χ0) is 23.6. The summed E-state index contributed by atoms with van der Waals surface area (Å²) >= 11 is 1.48. The molecule has 174 valence electrons. The van der Waals surface area contributed by atoms with Gasteiger partial charge in [0.25, 0.3) is 5.91 Å². The monoisotopic (exact) mass is 486 g/mol. The van der Waals surface area contributed by atoms with Crippen molar-refractivity contribution in [3.05, 3.63) is 54.1 Å². The number of amides is 1. The normalized spacial score (nSPS) is 17.4. The van der Waals surface area contributed by atoms with E-state index in [1.54, 1.807) is 17.0 Å². The lowest BCUT2D eigenvalue weighted by molar-refractivity contribution is -0.137. The van der Waals surface area contributed by atoms with Crippen molar-refractivity contribution in [3.8, 4) is 10.6 Å². The van der Waals surface area contributed by atoms with Crippen molar-refractivity contribution < 1.29 is 22.7 Å². The number of hydrogen-bond donors (Lipinski definition) is 0. The van der Waals surface area contributed by atoms with Crippen LogP contribution in [0.4, 0.5) is 0 Å². The van der Waals surface area contributed by atoms with E-state index < -0.39 is 22.4 Å². The van der Waals surface area contributed by atoms with Crippen LogP contribution in [0.3, 0.4) is 0 Å². The van der Waals surface area contributed by atoms with Gasteiger partial charge in [0.15, 0.2) is 16.4 Å². The highest BCUT2D eigenvalue weighted by molar-refractivity contribution is 7.91. The van der Waals surface area contributed by atoms with Crippen molar-refractivity contribution in [2.24, 2.45) is 5.92 Å². The molecule has 1 saturated heterocycles. The number of ether oxygens (including phenoxy) is 1. The maximum atomic E-state index is 12.9. The molecule has 1 fully saturated rings. The minimum atomic E-state index is -3.14. The van der Waals surface area contributed by atoms with Crippen LogP contribution in [0.5, 0.6) is 0 Å². The summed E-state index contributed by atoms with van der Waals surface area (Å²) in [7, 11) is -3.14. The molecule has 0 radical (unpaired) electrons. The predicted molar refractivity (Wildman–Crippen MR) is 129 cm³/mol. The Morgan fingerprint density at radius 2 is 1.88 bits per heavy atom. The van der Waals surface area contributed by atoms with E-state index in [0.29, 0.717) is 29.1 Å². The summed E-state index contributed by atoms with van der Waals surface area (Å²) in [5, 5.41) is 0.702. The van der Waals surface area contributed by atoms with Crippen LogP contribution in [0.25, 0.3) is 20.8 Å². The van der Waals surface area contributed by atoms with Crippen molar-refractivity contribution in [2.45, 2.75) is 26.3 Å². The number of para-hydroxylation sites is 1. The van der Waals surface area contributed by atoms with E-state index in [1.165, 1.54) is 11.3 Å². The molecular formula is C24H26N2O5S2. The Bertz CT molecular complexity index is 1250. The highest BCUT2D eigenvalue weighted by atomic mass is 32.2. The second kappa shape index (κ2) is 9.61. The number of carbonyl (C=O) groups is 2. The average molecular weight is 487 g/mol. The fourth-order valence-corrected chi connectivity index (χ4v) is 6.73. The van der Waals surface area contributed by atoms with Crippen LogP contribution in [0, 0.1) is 5.92 Å². The molecule has 1 aliphatic rings. The molecule has 1 amide bonds. The third-order valence-corrected chi connectivity index (χ3v) is 8.35. The first-order chi connectivity index (χ1) is 15.7. The molecule has 1 aliphatic heterocycles. The zero-order valence-corrected chi connectivity index (χ0v) is 20.2. The van der Waals surface area contributed by atoms with Crippen molar-refractivity contribution in [1.82, 2.24) is 9.88 Å². The molecular weight excluding hydrogens is 460 g/mol. The molecule has 2 heterocycles. The molecule has 1 atom stereocenters. The minimum absolute atomic E-state index is 0.0418. The lowest BCUT2D eigenvalue weighted by Crippen LogP contribution is -2.45. The van der Waals surface area contributed by atoms with E-state index in [0.717, 1.165) is 10.2 Å². The van der Waals surface area contributed by atoms with Gasteiger partial charge in [-0.3, -0.25) is 4.79 Å². The molecule has 0 saturated carbocycles. The van der Waals surface area contributed by atoms with Crippen LogP contribution >= 0.6 is 11.3 Å². The van der Waals surface area contributed by atoms with E-state index in [2.05, 4.69) is 4.98 Å². The molecule has 0 unspecified atom stereocenters. The quantitative estimate of drug-likeness (QED) is 0.472. The Kier molecular flexibility index (Phi) is 6.81. The van der Waals surface area contributed by atoms with Crippen LogP contribution < -0.4 is 0 Å². The Morgan fingerprint density at radius 3 is 2.58 bits per heavy atom. The highest BCUT2D eigenvalue weighted by Gasteiger charge is 2.35. The van der Waals surface area contributed by atoms with E-state index >= 15 is 0 Å². The van der Waals surface area contributed by atoms with Gasteiger partial charge in [0.1, 0.15) is 5.01 Å². The second-order valence-electron chi connectivity index (χ2n) is 8.61. The van der Waals surface area contributed by atoms with Gasteiger partial charge in [-0.15, -0.1) is 11.3 Å². The standard InChI is InChI=1S/C24H26N2O5S2/c1-16(2)13-26(17-11-12-33(29,30)15-17)22(27)14-31-24(28)19-8-4-3-7-18(19)23-25-20-9-5-6-10-21(20)32-23/h3-10,16-17H,11-15H2,1-2H3/t17-/m0/s1. The van der Waals surface area contributed by atoms with Crippen molar-refractivity contribution in [3.63, 3.8) is 0 Å². The first-order valence-corrected chi connectivity index (χ1v) is 13.5. The lowest BCUT2D eigenvalue weighted by atomic mass is 10.1. The number of carbonyl (C=O) groups excluding carboxylic acids is 2. The van der Waals surface area contributed by atoms with Crippen LogP contribution in [0.1, 0.15) is 30.6 Å². The van der Waals surface area contributed by atoms with Crippen LogP contribution in [-0.4, -0.2) is 60.9 Å². The van der Waals surface area contributed by atoms with Crippen molar-refractivity contribution in [1.29, 1.82) is 0 Å². The minimum Gasteiger partial charge on any atom is -0.452 e. The van der Waals surface area contributed by atoms with Gasteiger partial charge < -0.3 is 9.64 Å². The number of hydrogen-bond acceptors (Lipinski definition) is 7. The Balaban J connectivity index is 1.50. The number of benzene rings is 2. The Morgan fingerprint density at radius 1 is 1.15 bits per heavy atom. The molecule has 7 nitrogen and oxygen atoms in total. The van der Waals surface area contributed by atoms with E-state index in [4.69, 9.17) is 4.74 Å². The number of fused-ring (bicyclic) bond motifs is 1. The molecule has 0 N–H and O–H groups in total. The number of aromatic nitrogens is 1. The lowest BCUT2D eigenvalue weighted by Gasteiger charge is -2.29. The second-order valence-corrected chi connectivity index (χ2v) is 11.9. The molecule has 4 rings (SSSR count). The van der Waals surface area contributed by atoms with Gasteiger partial charge in [-0.25, -0.2) is 18.2 Å². The zero-order valence-electron chi connectivity index (χ0n) is 18.6. The summed E-state index contributed by atoms with van der Waals surface area (Å²) in [6.07, 6.45) is 0.412. The van der Waals surface area contributed by atoms with E-state index in [1.807, 2.05) is 50.2 Å². The van der Waals surface area contributed by atoms with Crippen LogP contribution in [0.2, 0.25) is 0 Å². The molecule has 0 aliphatic carbocycles. The third kappa shape index (κ3) is 5.42. The van der Waals surface area contributed by atoms with E-state index in [9.17, 15) is 18.0 Å². The number of esters is 1.